The van der Waals surface area contributed by atoms with Crippen LogP contribution in [0.5, 0.6) is 11.5 Å². The summed E-state index contributed by atoms with van der Waals surface area (Å²) in [6, 6.07) is 4.14. The first-order valence-corrected chi connectivity index (χ1v) is 8.80. The van der Waals surface area contributed by atoms with Crippen LogP contribution in [0.15, 0.2) is 16.6 Å². The van der Waals surface area contributed by atoms with E-state index in [2.05, 4.69) is 34.2 Å². The largest absolute Gasteiger partial charge is 0.490 e. The van der Waals surface area contributed by atoms with Gasteiger partial charge in [-0.05, 0) is 70.3 Å². The molecule has 0 saturated carbocycles. The van der Waals surface area contributed by atoms with Crippen LogP contribution in [0.3, 0.4) is 0 Å². The van der Waals surface area contributed by atoms with Gasteiger partial charge in [-0.1, -0.05) is 22.9 Å². The topological polar surface area (TPSA) is 30.5 Å². The highest BCUT2D eigenvalue weighted by atomic mass is 79.9. The Morgan fingerprint density at radius 3 is 2.24 bits per heavy atom. The van der Waals surface area contributed by atoms with Crippen molar-refractivity contribution < 1.29 is 9.47 Å². The van der Waals surface area contributed by atoms with Crippen LogP contribution in [0.1, 0.15) is 45.6 Å². The van der Waals surface area contributed by atoms with Gasteiger partial charge in [0.1, 0.15) is 0 Å². The minimum Gasteiger partial charge on any atom is -0.490 e. The number of unbranched alkanes of at least 4 members (excludes halogenated alkanes) is 1. The molecule has 4 heteroatoms. The van der Waals surface area contributed by atoms with E-state index in [0.29, 0.717) is 13.2 Å². The third-order valence-corrected chi connectivity index (χ3v) is 3.93. The van der Waals surface area contributed by atoms with Crippen LogP contribution in [-0.2, 0) is 6.42 Å². The van der Waals surface area contributed by atoms with Crippen LogP contribution in [0.2, 0.25) is 0 Å². The molecule has 0 saturated heterocycles. The zero-order chi connectivity index (χ0) is 15.5. The summed E-state index contributed by atoms with van der Waals surface area (Å²) in [7, 11) is 0. The van der Waals surface area contributed by atoms with Gasteiger partial charge in [0.15, 0.2) is 11.5 Å². The average Bonchev–Trinajstić information content (AvgIpc) is 2.47. The summed E-state index contributed by atoms with van der Waals surface area (Å²) in [5.74, 6) is 1.67. The van der Waals surface area contributed by atoms with Crippen molar-refractivity contribution in [2.75, 3.05) is 26.3 Å². The number of benzene rings is 1. The summed E-state index contributed by atoms with van der Waals surface area (Å²) in [5, 5.41) is 3.44. The van der Waals surface area contributed by atoms with E-state index in [1.54, 1.807) is 0 Å². The van der Waals surface area contributed by atoms with Crippen molar-refractivity contribution in [2.24, 2.45) is 0 Å². The zero-order valence-electron chi connectivity index (χ0n) is 13.5. The second-order valence-corrected chi connectivity index (χ2v) is 5.82. The fourth-order valence-electron chi connectivity index (χ4n) is 2.17. The molecule has 120 valence electrons. The molecular formula is C17H28BrNO2. The molecule has 0 bridgehead atoms. The van der Waals surface area contributed by atoms with Crippen LogP contribution in [0, 0.1) is 0 Å². The molecule has 1 aromatic rings. The first-order valence-electron chi connectivity index (χ1n) is 8.01. The van der Waals surface area contributed by atoms with Crippen molar-refractivity contribution in [1.29, 1.82) is 0 Å². The van der Waals surface area contributed by atoms with E-state index in [1.807, 2.05) is 19.9 Å². The predicted molar refractivity (Wildman–Crippen MR) is 92.6 cm³/mol. The van der Waals surface area contributed by atoms with Crippen LogP contribution < -0.4 is 14.8 Å². The van der Waals surface area contributed by atoms with Gasteiger partial charge in [-0.3, -0.25) is 0 Å². The van der Waals surface area contributed by atoms with Gasteiger partial charge < -0.3 is 14.8 Å². The molecule has 0 aliphatic carbocycles. The molecule has 1 N–H and O–H groups in total. The maximum atomic E-state index is 5.69. The van der Waals surface area contributed by atoms with Gasteiger partial charge in [0, 0.05) is 4.47 Å². The molecule has 0 atom stereocenters. The van der Waals surface area contributed by atoms with Gasteiger partial charge in [0.25, 0.3) is 0 Å². The molecule has 0 amide bonds. The van der Waals surface area contributed by atoms with Gasteiger partial charge in [-0.25, -0.2) is 0 Å². The molecule has 1 aromatic carbocycles. The molecule has 0 aliphatic rings. The minimum atomic E-state index is 0.648. The van der Waals surface area contributed by atoms with Gasteiger partial charge in [0.05, 0.1) is 13.2 Å². The van der Waals surface area contributed by atoms with E-state index in [0.717, 1.165) is 35.5 Å². The monoisotopic (exact) mass is 357 g/mol. The van der Waals surface area contributed by atoms with E-state index in [4.69, 9.17) is 9.47 Å². The molecular weight excluding hydrogens is 330 g/mol. The van der Waals surface area contributed by atoms with Crippen molar-refractivity contribution in [3.8, 4) is 11.5 Å². The maximum Gasteiger partial charge on any atom is 0.162 e. The zero-order valence-corrected chi connectivity index (χ0v) is 15.1. The summed E-state index contributed by atoms with van der Waals surface area (Å²) in [6.45, 7) is 9.69. The average molecular weight is 358 g/mol. The Bertz CT molecular complexity index is 410. The molecule has 0 radical (unpaired) electrons. The fourth-order valence-corrected chi connectivity index (χ4v) is 2.69. The number of ether oxygens (including phenoxy) is 2. The fraction of sp³-hybridized carbons (Fsp3) is 0.647. The lowest BCUT2D eigenvalue weighted by Gasteiger charge is -2.14. The lowest BCUT2D eigenvalue weighted by atomic mass is 10.1. The van der Waals surface area contributed by atoms with Crippen molar-refractivity contribution in [1.82, 2.24) is 5.32 Å². The lowest BCUT2D eigenvalue weighted by molar-refractivity contribution is 0.287. The Morgan fingerprint density at radius 2 is 1.62 bits per heavy atom. The predicted octanol–water partition coefficient (Wildman–Crippen LogP) is 4.57. The second kappa shape index (κ2) is 10.9. The number of rotatable bonds is 11. The summed E-state index contributed by atoms with van der Waals surface area (Å²) in [5.41, 5.74) is 1.29. The smallest absolute Gasteiger partial charge is 0.162 e. The normalized spacial score (nSPS) is 10.7. The standard InChI is InChI=1S/C17H28BrNO2/c1-4-10-19-11-8-7-9-14-12-16(20-5-2)17(21-6-3)13-15(14)18/h12-13,19H,4-11H2,1-3H3. The Balaban J connectivity index is 2.58. The Hall–Kier alpha value is -0.740. The first-order chi connectivity index (χ1) is 10.2. The molecule has 0 spiro atoms. The Labute approximate surface area is 137 Å². The molecule has 3 nitrogen and oxygen atoms in total. The van der Waals surface area contributed by atoms with Gasteiger partial charge in [-0.2, -0.15) is 0 Å². The van der Waals surface area contributed by atoms with E-state index in [-0.39, 0.29) is 0 Å². The first kappa shape index (κ1) is 18.3. The molecule has 21 heavy (non-hydrogen) atoms. The number of halogens is 1. The van der Waals surface area contributed by atoms with Gasteiger partial charge in [-0.15, -0.1) is 0 Å². The number of hydrogen-bond donors (Lipinski definition) is 1. The van der Waals surface area contributed by atoms with Crippen molar-refractivity contribution >= 4 is 15.9 Å². The summed E-state index contributed by atoms with van der Waals surface area (Å²) >= 11 is 3.65. The number of hydrogen-bond acceptors (Lipinski definition) is 3. The third kappa shape index (κ3) is 6.70. The van der Waals surface area contributed by atoms with Crippen LogP contribution in [-0.4, -0.2) is 26.3 Å². The van der Waals surface area contributed by atoms with Gasteiger partial charge >= 0.3 is 0 Å². The van der Waals surface area contributed by atoms with Crippen molar-refractivity contribution in [2.45, 2.75) is 46.5 Å². The highest BCUT2D eigenvalue weighted by molar-refractivity contribution is 9.10. The molecule has 0 unspecified atom stereocenters. The van der Waals surface area contributed by atoms with E-state index >= 15 is 0 Å². The van der Waals surface area contributed by atoms with E-state index in [1.165, 1.54) is 24.8 Å². The molecule has 0 heterocycles. The van der Waals surface area contributed by atoms with Crippen molar-refractivity contribution in [3.05, 3.63) is 22.2 Å². The molecule has 0 fully saturated rings. The maximum absolute atomic E-state index is 5.69. The lowest BCUT2D eigenvalue weighted by Crippen LogP contribution is -2.15. The molecule has 0 aromatic heterocycles. The third-order valence-electron chi connectivity index (χ3n) is 3.19. The number of nitrogens with one attached hydrogen (secondary N) is 1. The van der Waals surface area contributed by atoms with Crippen LogP contribution in [0.25, 0.3) is 0 Å². The molecule has 1 rings (SSSR count). The highest BCUT2D eigenvalue weighted by Crippen LogP contribution is 2.34. The second-order valence-electron chi connectivity index (χ2n) is 4.96. The summed E-state index contributed by atoms with van der Waals surface area (Å²) in [6.07, 6.45) is 4.63. The highest BCUT2D eigenvalue weighted by Gasteiger charge is 2.10. The Morgan fingerprint density at radius 1 is 0.952 bits per heavy atom. The Kier molecular flexibility index (Phi) is 9.51. The summed E-state index contributed by atoms with van der Waals surface area (Å²) < 4.78 is 12.4. The molecule has 0 aliphatic heterocycles. The SMILES string of the molecule is CCCNCCCCc1cc(OCC)c(OCC)cc1Br. The van der Waals surface area contributed by atoms with Gasteiger partial charge in [0.2, 0.25) is 0 Å². The van der Waals surface area contributed by atoms with E-state index in [9.17, 15) is 0 Å². The van der Waals surface area contributed by atoms with Crippen LogP contribution in [0.4, 0.5) is 0 Å². The van der Waals surface area contributed by atoms with Crippen molar-refractivity contribution in [3.63, 3.8) is 0 Å². The summed E-state index contributed by atoms with van der Waals surface area (Å²) in [4.78, 5) is 0. The minimum absolute atomic E-state index is 0.648. The quantitative estimate of drug-likeness (QED) is 0.588. The van der Waals surface area contributed by atoms with E-state index < -0.39 is 0 Å². The van der Waals surface area contributed by atoms with Crippen LogP contribution >= 0.6 is 15.9 Å². The number of aryl methyl sites for hydroxylation is 1.